The summed E-state index contributed by atoms with van der Waals surface area (Å²) in [5.41, 5.74) is 3.16. The zero-order valence-corrected chi connectivity index (χ0v) is 16.0. The van der Waals surface area contributed by atoms with E-state index in [1.165, 1.54) is 0 Å². The van der Waals surface area contributed by atoms with Crippen molar-refractivity contribution in [1.82, 2.24) is 15.2 Å². The number of urea groups is 1. The number of aryl methyl sites for hydroxylation is 1. The van der Waals surface area contributed by atoms with Crippen LogP contribution in [0.5, 0.6) is 0 Å². The topological polar surface area (TPSA) is 65.5 Å². The van der Waals surface area contributed by atoms with Crippen molar-refractivity contribution in [3.05, 3.63) is 65.5 Å². The predicted octanol–water partition coefficient (Wildman–Crippen LogP) is 2.96. The second-order valence-electron chi connectivity index (χ2n) is 7.33. The molecule has 0 bridgehead atoms. The van der Waals surface area contributed by atoms with Gasteiger partial charge in [-0.05, 0) is 49.8 Å². The third-order valence-corrected chi connectivity index (χ3v) is 5.26. The van der Waals surface area contributed by atoms with Gasteiger partial charge in [0, 0.05) is 37.4 Å². The van der Waals surface area contributed by atoms with Gasteiger partial charge in [-0.15, -0.1) is 0 Å². The van der Waals surface area contributed by atoms with Crippen molar-refractivity contribution in [3.8, 4) is 0 Å². The lowest BCUT2D eigenvalue weighted by molar-refractivity contribution is 0.0672. The molecule has 3 rings (SSSR count). The van der Waals surface area contributed by atoms with Crippen LogP contribution >= 0.6 is 0 Å². The maximum absolute atomic E-state index is 12.4. The van der Waals surface area contributed by atoms with Gasteiger partial charge in [0.1, 0.15) is 0 Å². The first-order valence-electron chi connectivity index (χ1n) is 9.79. The molecule has 5 heteroatoms. The van der Waals surface area contributed by atoms with Crippen LogP contribution in [0.2, 0.25) is 0 Å². The molecule has 1 aliphatic heterocycles. The minimum atomic E-state index is -0.343. The highest BCUT2D eigenvalue weighted by atomic mass is 16.3. The lowest BCUT2D eigenvalue weighted by atomic mass is 9.88. The quantitative estimate of drug-likeness (QED) is 0.825. The van der Waals surface area contributed by atoms with Crippen molar-refractivity contribution in [3.63, 3.8) is 0 Å². The molecular formula is C22H29N3O2. The molecule has 1 aliphatic rings. The summed E-state index contributed by atoms with van der Waals surface area (Å²) in [5, 5.41) is 13.5. The molecule has 1 saturated heterocycles. The third kappa shape index (κ3) is 5.79. The lowest BCUT2D eigenvalue weighted by Crippen LogP contribution is -2.46. The van der Waals surface area contributed by atoms with E-state index >= 15 is 0 Å². The molecule has 144 valence electrons. The largest absolute Gasteiger partial charge is 0.392 e. The van der Waals surface area contributed by atoms with E-state index < -0.39 is 0 Å². The van der Waals surface area contributed by atoms with Crippen LogP contribution in [-0.4, -0.2) is 46.8 Å². The smallest absolute Gasteiger partial charge is 0.317 e. The monoisotopic (exact) mass is 367 g/mol. The van der Waals surface area contributed by atoms with E-state index in [-0.39, 0.29) is 18.1 Å². The second kappa shape index (κ2) is 9.51. The first-order valence-corrected chi connectivity index (χ1v) is 9.79. The van der Waals surface area contributed by atoms with Gasteiger partial charge in [-0.3, -0.25) is 4.98 Å². The molecule has 1 atom stereocenters. The number of aliphatic hydroxyl groups excluding tert-OH is 1. The van der Waals surface area contributed by atoms with Crippen LogP contribution in [0.15, 0.2) is 48.5 Å². The van der Waals surface area contributed by atoms with Crippen molar-refractivity contribution in [2.45, 2.75) is 38.7 Å². The fourth-order valence-corrected chi connectivity index (χ4v) is 3.66. The average molecular weight is 367 g/mol. The predicted molar refractivity (Wildman–Crippen MR) is 107 cm³/mol. The number of likely N-dealkylation sites (tertiary alicyclic amines) is 1. The highest BCUT2D eigenvalue weighted by Crippen LogP contribution is 2.23. The Balaban J connectivity index is 1.38. The minimum absolute atomic E-state index is 0.0151. The van der Waals surface area contributed by atoms with Gasteiger partial charge in [-0.2, -0.15) is 0 Å². The molecule has 2 amide bonds. The molecule has 1 aromatic heterocycles. The summed E-state index contributed by atoms with van der Waals surface area (Å²) in [4.78, 5) is 18.7. The Kier molecular flexibility index (Phi) is 6.82. The maximum atomic E-state index is 12.4. The van der Waals surface area contributed by atoms with Crippen LogP contribution < -0.4 is 5.32 Å². The summed E-state index contributed by atoms with van der Waals surface area (Å²) in [6.07, 6.45) is 2.77. The van der Waals surface area contributed by atoms with Crippen LogP contribution in [0.1, 0.15) is 29.8 Å². The Hall–Kier alpha value is -2.40. The number of carbonyl (C=O) groups is 1. The molecule has 0 radical (unpaired) electrons. The highest BCUT2D eigenvalue weighted by Gasteiger charge is 2.27. The number of aliphatic hydroxyl groups is 1. The Morgan fingerprint density at radius 1 is 1.19 bits per heavy atom. The lowest BCUT2D eigenvalue weighted by Gasteiger charge is -2.34. The molecule has 0 spiro atoms. The molecule has 2 aromatic rings. The Bertz CT molecular complexity index is 727. The van der Waals surface area contributed by atoms with Crippen molar-refractivity contribution >= 4 is 6.03 Å². The maximum Gasteiger partial charge on any atom is 0.317 e. The number of nitrogens with zero attached hydrogens (tertiary/aromatic N) is 2. The second-order valence-corrected chi connectivity index (χ2v) is 7.33. The van der Waals surface area contributed by atoms with E-state index in [9.17, 15) is 9.90 Å². The number of carbonyl (C=O) groups excluding carboxylic acids is 1. The number of benzene rings is 1. The first kappa shape index (κ1) is 19.4. The average Bonchev–Trinajstić information content (AvgIpc) is 2.69. The Morgan fingerprint density at radius 2 is 1.93 bits per heavy atom. The fraction of sp³-hybridized carbons (Fsp3) is 0.455. The summed E-state index contributed by atoms with van der Waals surface area (Å²) in [6, 6.07) is 16.0. The number of amides is 2. The molecule has 5 nitrogen and oxygen atoms in total. The number of pyridine rings is 1. The minimum Gasteiger partial charge on any atom is -0.392 e. The van der Waals surface area contributed by atoms with Gasteiger partial charge in [0.2, 0.25) is 0 Å². The first-order chi connectivity index (χ1) is 13.1. The normalized spacial score (nSPS) is 16.1. The SMILES string of the molecule is Cc1cccc(CCNC(=O)N2CCC([C@@H](O)Cc3ccccc3)CC2)n1. The number of nitrogens with one attached hydrogen (secondary N) is 1. The van der Waals surface area contributed by atoms with Gasteiger partial charge in [0.05, 0.1) is 6.10 Å². The number of hydrogen-bond donors (Lipinski definition) is 2. The zero-order chi connectivity index (χ0) is 19.1. The van der Waals surface area contributed by atoms with E-state index in [4.69, 9.17) is 0 Å². The van der Waals surface area contributed by atoms with Crippen LogP contribution in [0.25, 0.3) is 0 Å². The number of rotatable bonds is 6. The molecule has 1 aromatic carbocycles. The van der Waals surface area contributed by atoms with Gasteiger partial charge in [0.25, 0.3) is 0 Å². The third-order valence-electron chi connectivity index (χ3n) is 5.26. The summed E-state index contributed by atoms with van der Waals surface area (Å²) in [7, 11) is 0. The summed E-state index contributed by atoms with van der Waals surface area (Å²) < 4.78 is 0. The van der Waals surface area contributed by atoms with E-state index in [0.717, 1.165) is 36.2 Å². The van der Waals surface area contributed by atoms with Crippen LogP contribution in [0, 0.1) is 12.8 Å². The number of aromatic nitrogens is 1. The summed E-state index contributed by atoms with van der Waals surface area (Å²) >= 11 is 0. The molecule has 0 unspecified atom stereocenters. The highest BCUT2D eigenvalue weighted by molar-refractivity contribution is 5.74. The molecule has 0 saturated carbocycles. The molecule has 2 heterocycles. The number of hydrogen-bond acceptors (Lipinski definition) is 3. The van der Waals surface area contributed by atoms with Gasteiger partial charge in [-0.1, -0.05) is 36.4 Å². The van der Waals surface area contributed by atoms with Crippen LogP contribution in [0.4, 0.5) is 4.79 Å². The fourth-order valence-electron chi connectivity index (χ4n) is 3.66. The van der Waals surface area contributed by atoms with Gasteiger partial charge in [0.15, 0.2) is 0 Å². The Morgan fingerprint density at radius 3 is 2.63 bits per heavy atom. The van der Waals surface area contributed by atoms with E-state index in [1.54, 1.807) is 0 Å². The zero-order valence-electron chi connectivity index (χ0n) is 16.0. The van der Waals surface area contributed by atoms with E-state index in [2.05, 4.69) is 22.4 Å². The van der Waals surface area contributed by atoms with Crippen molar-refractivity contribution in [1.29, 1.82) is 0 Å². The molecule has 2 N–H and O–H groups in total. The standard InChI is InChI=1S/C22H29N3O2/c1-17-6-5-9-20(24-17)10-13-23-22(27)25-14-11-19(12-15-25)21(26)16-18-7-3-2-4-8-18/h2-9,19,21,26H,10-16H2,1H3,(H,23,27)/t21-/m0/s1. The Labute approximate surface area is 161 Å². The van der Waals surface area contributed by atoms with E-state index in [0.29, 0.717) is 26.1 Å². The van der Waals surface area contributed by atoms with Crippen LogP contribution in [0.3, 0.4) is 0 Å². The van der Waals surface area contributed by atoms with Gasteiger partial charge in [-0.25, -0.2) is 4.79 Å². The van der Waals surface area contributed by atoms with E-state index in [1.807, 2.05) is 48.2 Å². The van der Waals surface area contributed by atoms with Crippen LogP contribution in [-0.2, 0) is 12.8 Å². The molecular weight excluding hydrogens is 338 g/mol. The summed E-state index contributed by atoms with van der Waals surface area (Å²) in [5.74, 6) is 0.255. The molecule has 27 heavy (non-hydrogen) atoms. The molecule has 0 aliphatic carbocycles. The van der Waals surface area contributed by atoms with Crippen molar-refractivity contribution < 1.29 is 9.90 Å². The van der Waals surface area contributed by atoms with Crippen molar-refractivity contribution in [2.75, 3.05) is 19.6 Å². The van der Waals surface area contributed by atoms with Crippen molar-refractivity contribution in [2.24, 2.45) is 5.92 Å². The van der Waals surface area contributed by atoms with Gasteiger partial charge < -0.3 is 15.3 Å². The number of piperidine rings is 1. The molecule has 1 fully saturated rings. The van der Waals surface area contributed by atoms with Gasteiger partial charge >= 0.3 is 6.03 Å². The summed E-state index contributed by atoms with van der Waals surface area (Å²) in [6.45, 7) is 3.96.